The second-order valence-corrected chi connectivity index (χ2v) is 6.40. The van der Waals surface area contributed by atoms with Gasteiger partial charge in [-0.25, -0.2) is 0 Å². The molecule has 0 fully saturated rings. The maximum atomic E-state index is 12.4. The number of aryl methyl sites for hydroxylation is 1. The Morgan fingerprint density at radius 2 is 1.73 bits per heavy atom. The van der Waals surface area contributed by atoms with Gasteiger partial charge >= 0.3 is 5.97 Å². The molecule has 0 spiro atoms. The van der Waals surface area contributed by atoms with Gasteiger partial charge in [0.05, 0.1) is 12.5 Å². The Labute approximate surface area is 150 Å². The molecule has 1 aliphatic carbocycles. The molecule has 0 bridgehead atoms. The minimum atomic E-state index is -0.388. The molecule has 1 atom stereocenters. The van der Waals surface area contributed by atoms with E-state index in [4.69, 9.17) is 4.74 Å². The molecule has 0 N–H and O–H groups in total. The number of esters is 1. The van der Waals surface area contributed by atoms with E-state index < -0.39 is 0 Å². The summed E-state index contributed by atoms with van der Waals surface area (Å²) in [6.45, 7) is 0. The maximum Gasteiger partial charge on any atom is 0.315 e. The number of hydrogen-bond donors (Lipinski definition) is 0. The van der Waals surface area contributed by atoms with Gasteiger partial charge in [-0.2, -0.15) is 0 Å². The molecule has 26 heavy (non-hydrogen) atoms. The van der Waals surface area contributed by atoms with Gasteiger partial charge in [-0.1, -0.05) is 42.5 Å². The highest BCUT2D eigenvalue weighted by Gasteiger charge is 2.38. The maximum absolute atomic E-state index is 12.4. The topological polar surface area (TPSA) is 63.7 Å². The van der Waals surface area contributed by atoms with Gasteiger partial charge in [-0.15, -0.1) is 0 Å². The van der Waals surface area contributed by atoms with Crippen LogP contribution in [0, 0.1) is 0 Å². The summed E-state index contributed by atoms with van der Waals surface area (Å²) in [4.78, 5) is 37.7. The van der Waals surface area contributed by atoms with Crippen molar-refractivity contribution in [2.24, 2.45) is 0 Å². The molecule has 0 radical (unpaired) electrons. The van der Waals surface area contributed by atoms with E-state index >= 15 is 0 Å². The Kier molecular flexibility index (Phi) is 4.13. The fourth-order valence-corrected chi connectivity index (χ4v) is 3.61. The van der Waals surface area contributed by atoms with Crippen molar-refractivity contribution in [3.05, 3.63) is 77.4 Å². The SMILES string of the molecule is O=C(Cc1ccccc1)Oc1cccc2c1[C@@H](N1C(=O)C=CC1=O)CC2. The highest BCUT2D eigenvalue weighted by molar-refractivity contribution is 6.13. The fraction of sp³-hybridized carbons (Fsp3) is 0.190. The van der Waals surface area contributed by atoms with E-state index in [1.165, 1.54) is 17.1 Å². The molecule has 0 aromatic heterocycles. The monoisotopic (exact) mass is 347 g/mol. The molecule has 130 valence electrons. The van der Waals surface area contributed by atoms with Crippen molar-refractivity contribution in [1.29, 1.82) is 0 Å². The number of imide groups is 1. The number of amides is 2. The van der Waals surface area contributed by atoms with Crippen LogP contribution >= 0.6 is 0 Å². The molecule has 0 unspecified atom stereocenters. The summed E-state index contributed by atoms with van der Waals surface area (Å²) in [5.74, 6) is -0.581. The third-order valence-corrected chi connectivity index (χ3v) is 4.75. The Balaban J connectivity index is 1.59. The van der Waals surface area contributed by atoms with Crippen LogP contribution in [0.3, 0.4) is 0 Å². The predicted octanol–water partition coefficient (Wildman–Crippen LogP) is 2.75. The Hall–Kier alpha value is -3.21. The molecule has 0 saturated heterocycles. The third kappa shape index (κ3) is 2.92. The van der Waals surface area contributed by atoms with E-state index in [-0.39, 0.29) is 30.2 Å². The Morgan fingerprint density at radius 3 is 2.46 bits per heavy atom. The van der Waals surface area contributed by atoms with Crippen molar-refractivity contribution in [3.8, 4) is 5.75 Å². The van der Waals surface area contributed by atoms with Gasteiger partial charge < -0.3 is 4.74 Å². The first-order valence-electron chi connectivity index (χ1n) is 8.55. The highest BCUT2D eigenvalue weighted by atomic mass is 16.5. The van der Waals surface area contributed by atoms with Crippen LogP contribution in [0.5, 0.6) is 5.75 Å². The van der Waals surface area contributed by atoms with Crippen molar-refractivity contribution in [1.82, 2.24) is 4.90 Å². The van der Waals surface area contributed by atoms with Gasteiger partial charge in [0.15, 0.2) is 0 Å². The van der Waals surface area contributed by atoms with Crippen LogP contribution in [0.25, 0.3) is 0 Å². The van der Waals surface area contributed by atoms with Gasteiger partial charge in [-0.3, -0.25) is 19.3 Å². The van der Waals surface area contributed by atoms with Crippen LogP contribution in [0.15, 0.2) is 60.7 Å². The van der Waals surface area contributed by atoms with E-state index in [9.17, 15) is 14.4 Å². The molecule has 1 aliphatic heterocycles. The van der Waals surface area contributed by atoms with Gasteiger partial charge in [0.25, 0.3) is 11.8 Å². The van der Waals surface area contributed by atoms with Crippen LogP contribution in [0.4, 0.5) is 0 Å². The summed E-state index contributed by atoms with van der Waals surface area (Å²) < 4.78 is 5.61. The number of hydrogen-bond acceptors (Lipinski definition) is 4. The van der Waals surface area contributed by atoms with Gasteiger partial charge in [-0.05, 0) is 30.0 Å². The lowest BCUT2D eigenvalue weighted by Crippen LogP contribution is -2.33. The lowest BCUT2D eigenvalue weighted by atomic mass is 10.1. The summed E-state index contributed by atoms with van der Waals surface area (Å²) >= 11 is 0. The average molecular weight is 347 g/mol. The molecule has 5 heteroatoms. The van der Waals surface area contributed by atoms with Crippen molar-refractivity contribution < 1.29 is 19.1 Å². The normalized spacial score (nSPS) is 18.3. The number of carbonyl (C=O) groups excluding carboxylic acids is 3. The van der Waals surface area contributed by atoms with Gasteiger partial charge in [0, 0.05) is 17.7 Å². The smallest absolute Gasteiger partial charge is 0.315 e. The summed E-state index contributed by atoms with van der Waals surface area (Å²) in [6.07, 6.45) is 4.11. The van der Waals surface area contributed by atoms with Gasteiger partial charge in [0.2, 0.25) is 0 Å². The summed E-state index contributed by atoms with van der Waals surface area (Å²) in [6, 6.07) is 14.5. The largest absolute Gasteiger partial charge is 0.426 e. The van der Waals surface area contributed by atoms with E-state index in [1.54, 1.807) is 6.07 Å². The molecule has 5 nitrogen and oxygen atoms in total. The molecule has 2 aromatic rings. The van der Waals surface area contributed by atoms with E-state index in [1.807, 2.05) is 42.5 Å². The summed E-state index contributed by atoms with van der Waals surface area (Å²) in [7, 11) is 0. The zero-order chi connectivity index (χ0) is 18.1. The first-order valence-corrected chi connectivity index (χ1v) is 8.55. The number of carbonyl (C=O) groups is 3. The van der Waals surface area contributed by atoms with Crippen molar-refractivity contribution >= 4 is 17.8 Å². The minimum Gasteiger partial charge on any atom is -0.426 e. The molecule has 2 amide bonds. The van der Waals surface area contributed by atoms with Crippen molar-refractivity contribution in [3.63, 3.8) is 0 Å². The van der Waals surface area contributed by atoms with Gasteiger partial charge in [0.1, 0.15) is 5.75 Å². The zero-order valence-electron chi connectivity index (χ0n) is 14.1. The van der Waals surface area contributed by atoms with Crippen molar-refractivity contribution in [2.45, 2.75) is 25.3 Å². The number of rotatable bonds is 4. The standard InChI is InChI=1S/C21H17NO4/c23-18-11-12-19(24)22(18)16-10-9-15-7-4-8-17(21(15)16)26-20(25)13-14-5-2-1-3-6-14/h1-8,11-12,16H,9-10,13H2/t16-/m0/s1. The average Bonchev–Trinajstić information content (AvgIpc) is 3.19. The first kappa shape index (κ1) is 16.3. The summed E-state index contributed by atoms with van der Waals surface area (Å²) in [5, 5.41) is 0. The molecule has 0 saturated carbocycles. The lowest BCUT2D eigenvalue weighted by molar-refractivity contribution is -0.139. The Morgan fingerprint density at radius 1 is 1.00 bits per heavy atom. The van der Waals surface area contributed by atoms with Crippen LogP contribution in [-0.2, 0) is 27.2 Å². The predicted molar refractivity (Wildman–Crippen MR) is 94.3 cm³/mol. The Bertz CT molecular complexity index is 899. The number of benzene rings is 2. The first-order chi connectivity index (χ1) is 12.6. The number of ether oxygens (including phenoxy) is 1. The summed E-state index contributed by atoms with van der Waals surface area (Å²) in [5.41, 5.74) is 2.64. The molecule has 1 heterocycles. The molecule has 2 aromatic carbocycles. The molecule has 4 rings (SSSR count). The highest BCUT2D eigenvalue weighted by Crippen LogP contribution is 2.42. The van der Waals surface area contributed by atoms with Crippen LogP contribution < -0.4 is 4.74 Å². The van der Waals surface area contributed by atoms with E-state index in [0.717, 1.165) is 23.1 Å². The van der Waals surface area contributed by atoms with E-state index in [2.05, 4.69) is 0 Å². The fourth-order valence-electron chi connectivity index (χ4n) is 3.61. The van der Waals surface area contributed by atoms with Crippen LogP contribution in [-0.4, -0.2) is 22.7 Å². The second kappa shape index (κ2) is 6.59. The molecule has 2 aliphatic rings. The minimum absolute atomic E-state index is 0.165. The third-order valence-electron chi connectivity index (χ3n) is 4.75. The molecular weight excluding hydrogens is 330 g/mol. The van der Waals surface area contributed by atoms with Crippen LogP contribution in [0.2, 0.25) is 0 Å². The lowest BCUT2D eigenvalue weighted by Gasteiger charge is -2.24. The number of fused-ring (bicyclic) bond motifs is 1. The zero-order valence-corrected chi connectivity index (χ0v) is 14.1. The van der Waals surface area contributed by atoms with Crippen molar-refractivity contribution in [2.75, 3.05) is 0 Å². The molecular formula is C21H17NO4. The number of nitrogens with zero attached hydrogens (tertiary/aromatic N) is 1. The van der Waals surface area contributed by atoms with E-state index in [0.29, 0.717) is 12.2 Å². The second-order valence-electron chi connectivity index (χ2n) is 6.40. The quantitative estimate of drug-likeness (QED) is 0.485. The van der Waals surface area contributed by atoms with Crippen LogP contribution in [0.1, 0.15) is 29.2 Å².